The van der Waals surface area contributed by atoms with E-state index in [1.807, 2.05) is 0 Å². The molecule has 0 saturated heterocycles. The number of benzene rings is 1. The molecule has 1 aliphatic carbocycles. The third kappa shape index (κ3) is 2.83. The number of phenols is 2. The first-order valence-electron chi connectivity index (χ1n) is 9.86. The lowest BCUT2D eigenvalue weighted by Crippen LogP contribution is -2.41. The van der Waals surface area contributed by atoms with Crippen LogP contribution in [0.15, 0.2) is 29.4 Å². The Morgan fingerprint density at radius 1 is 1.25 bits per heavy atom. The normalized spacial score (nSPS) is 21.0. The first kappa shape index (κ1) is 21.3. The highest BCUT2D eigenvalue weighted by Crippen LogP contribution is 2.57. The van der Waals surface area contributed by atoms with Gasteiger partial charge >= 0.3 is 0 Å². The Morgan fingerprint density at radius 2 is 1.94 bits per heavy atom. The molecule has 10 nitrogen and oxygen atoms in total. The highest BCUT2D eigenvalue weighted by Gasteiger charge is 2.56. The maximum Gasteiger partial charge on any atom is 0.194 e. The van der Waals surface area contributed by atoms with Crippen LogP contribution in [0.5, 0.6) is 17.2 Å². The predicted molar refractivity (Wildman–Crippen MR) is 111 cm³/mol. The summed E-state index contributed by atoms with van der Waals surface area (Å²) < 4.78 is 7.27. The Bertz CT molecular complexity index is 1290. The fourth-order valence-corrected chi connectivity index (χ4v) is 4.13. The molecule has 3 N–H and O–H groups in total. The molecule has 4 rings (SSSR count). The van der Waals surface area contributed by atoms with E-state index >= 15 is 0 Å². The Morgan fingerprint density at radius 3 is 2.53 bits per heavy atom. The second kappa shape index (κ2) is 7.04. The van der Waals surface area contributed by atoms with E-state index in [1.165, 1.54) is 37.9 Å². The first-order chi connectivity index (χ1) is 15.0. The summed E-state index contributed by atoms with van der Waals surface area (Å²) in [4.78, 5) is 42.8. The Labute approximate surface area is 183 Å². The number of phenolic OH excluding ortho intramolecular Hbond substituents is 2. The van der Waals surface area contributed by atoms with Gasteiger partial charge in [0.1, 0.15) is 40.3 Å². The van der Waals surface area contributed by atoms with E-state index in [1.54, 1.807) is 14.0 Å². The van der Waals surface area contributed by atoms with Gasteiger partial charge in [0.15, 0.2) is 23.2 Å². The number of ether oxygens (including phenoxy) is 1. The van der Waals surface area contributed by atoms with Crippen LogP contribution >= 0.6 is 0 Å². The van der Waals surface area contributed by atoms with E-state index in [0.29, 0.717) is 11.5 Å². The lowest BCUT2D eigenvalue weighted by atomic mass is 9.70. The van der Waals surface area contributed by atoms with Crippen LogP contribution in [0, 0.1) is 6.92 Å². The summed E-state index contributed by atoms with van der Waals surface area (Å²) in [5, 5.41) is 28.4. The number of aryl methyl sites for hydroxylation is 1. The van der Waals surface area contributed by atoms with Crippen molar-refractivity contribution in [3.05, 3.63) is 51.9 Å². The van der Waals surface area contributed by atoms with Crippen LogP contribution in [0.1, 0.15) is 48.1 Å². The number of Topliss-reactive ketones (excluding diaryl/α,β-unsaturated/α-hetero) is 2. The van der Waals surface area contributed by atoms with E-state index in [-0.39, 0.29) is 46.1 Å². The number of fused-ring (bicyclic) bond motifs is 3. The molecule has 0 radical (unpaired) electrons. The molecule has 0 amide bonds. The Hall–Kier alpha value is -3.95. The number of aromatic nitrogens is 3. The van der Waals surface area contributed by atoms with E-state index in [4.69, 9.17) is 4.74 Å². The molecule has 2 aromatic rings. The molecule has 1 aromatic carbocycles. The smallest absolute Gasteiger partial charge is 0.194 e. The van der Waals surface area contributed by atoms with Crippen molar-refractivity contribution in [2.75, 3.05) is 0 Å². The molecule has 32 heavy (non-hydrogen) atoms. The summed E-state index contributed by atoms with van der Waals surface area (Å²) in [6.07, 6.45) is 2.71. The lowest BCUT2D eigenvalue weighted by molar-refractivity contribution is -0.123. The summed E-state index contributed by atoms with van der Waals surface area (Å²) in [5.74, 6) is -2.09. The Kier molecular flexibility index (Phi) is 4.69. The third-order valence-corrected chi connectivity index (χ3v) is 5.92. The maximum absolute atomic E-state index is 13.7. The molecule has 1 atom stereocenters. The number of allylic oxidation sites excluding steroid dienone is 4. The molecule has 1 aliphatic heterocycles. The van der Waals surface area contributed by atoms with Crippen molar-refractivity contribution in [2.24, 2.45) is 7.05 Å². The summed E-state index contributed by atoms with van der Waals surface area (Å²) >= 11 is 0. The molecule has 0 spiro atoms. The number of nitrogens with one attached hydrogen (secondary N) is 1. The van der Waals surface area contributed by atoms with E-state index in [0.717, 1.165) is 0 Å². The Balaban J connectivity index is 1.84. The predicted octanol–water partition coefficient (Wildman–Crippen LogP) is 1.49. The van der Waals surface area contributed by atoms with E-state index in [2.05, 4.69) is 15.4 Å². The van der Waals surface area contributed by atoms with Crippen LogP contribution in [0.2, 0.25) is 0 Å². The molecule has 0 saturated carbocycles. The number of rotatable bonds is 4. The van der Waals surface area contributed by atoms with Crippen molar-refractivity contribution in [3.63, 3.8) is 0 Å². The molecule has 0 fully saturated rings. The molecule has 0 bridgehead atoms. The van der Waals surface area contributed by atoms with Gasteiger partial charge in [0, 0.05) is 24.4 Å². The fourth-order valence-electron chi connectivity index (χ4n) is 4.13. The second-order valence-electron chi connectivity index (χ2n) is 8.07. The minimum Gasteiger partial charge on any atom is -0.507 e. The van der Waals surface area contributed by atoms with Gasteiger partial charge in [0.25, 0.3) is 0 Å². The van der Waals surface area contributed by atoms with Gasteiger partial charge in [0.2, 0.25) is 0 Å². The molecule has 166 valence electrons. The number of carbonyl (C=O) groups excluding carboxylic acids is 3. The molecule has 0 unspecified atom stereocenters. The van der Waals surface area contributed by atoms with Gasteiger partial charge in [-0.2, -0.15) is 5.10 Å². The van der Waals surface area contributed by atoms with Crippen LogP contribution in [0.4, 0.5) is 0 Å². The monoisotopic (exact) mass is 438 g/mol. The standard InChI is InChI=1S/C22H22N4O6/c1-9-18(29)16(11(3)27)20-17(19(9)30)22(4)13(32-20)6-12(28)15(21(22)31)10(2)23-7-14-24-8-26(5)25-14/h6,8,23,29-30H,7H2,1-5H3/t22-/m0/s1. The number of carbonyl (C=O) groups is 3. The highest BCUT2D eigenvalue weighted by atomic mass is 16.5. The first-order valence-corrected chi connectivity index (χ1v) is 9.86. The number of aromatic hydroxyl groups is 2. The van der Waals surface area contributed by atoms with Crippen molar-refractivity contribution in [2.45, 2.75) is 39.7 Å². The zero-order valence-electron chi connectivity index (χ0n) is 18.2. The van der Waals surface area contributed by atoms with Crippen molar-refractivity contribution >= 4 is 17.3 Å². The highest BCUT2D eigenvalue weighted by molar-refractivity contribution is 6.31. The van der Waals surface area contributed by atoms with Gasteiger partial charge < -0.3 is 20.3 Å². The summed E-state index contributed by atoms with van der Waals surface area (Å²) in [6, 6.07) is 0. The molecule has 2 heterocycles. The second-order valence-corrected chi connectivity index (χ2v) is 8.07. The maximum atomic E-state index is 13.7. The van der Waals surface area contributed by atoms with Crippen molar-refractivity contribution < 1.29 is 29.3 Å². The average molecular weight is 438 g/mol. The zero-order chi connectivity index (χ0) is 23.5. The summed E-state index contributed by atoms with van der Waals surface area (Å²) in [5.41, 5.74) is -1.37. The van der Waals surface area contributed by atoms with Crippen LogP contribution < -0.4 is 10.1 Å². The SMILES string of the molecule is CC(=O)c1c(O)c(C)c(O)c2c1OC1=CC(=O)C(=C(C)NCc3ncn(C)n3)C(=O)[C@@]12C. The molecular formula is C22H22N4O6. The third-order valence-electron chi connectivity index (χ3n) is 5.92. The van der Waals surface area contributed by atoms with E-state index < -0.39 is 28.5 Å². The van der Waals surface area contributed by atoms with Gasteiger partial charge in [-0.15, -0.1) is 0 Å². The van der Waals surface area contributed by atoms with Gasteiger partial charge in [-0.3, -0.25) is 19.1 Å². The minimum absolute atomic E-state index is 0.00626. The number of nitrogens with zero attached hydrogens (tertiary/aromatic N) is 3. The van der Waals surface area contributed by atoms with Gasteiger partial charge in [-0.1, -0.05) is 0 Å². The largest absolute Gasteiger partial charge is 0.507 e. The van der Waals surface area contributed by atoms with Crippen LogP contribution in [0.25, 0.3) is 0 Å². The van der Waals surface area contributed by atoms with Crippen LogP contribution in [0.3, 0.4) is 0 Å². The topological polar surface area (TPSA) is 144 Å². The molecular weight excluding hydrogens is 416 g/mol. The molecule has 10 heteroatoms. The fraction of sp³-hybridized carbons (Fsp3) is 0.318. The number of ketones is 3. The van der Waals surface area contributed by atoms with Crippen molar-refractivity contribution in [1.82, 2.24) is 20.1 Å². The summed E-state index contributed by atoms with van der Waals surface area (Å²) in [6.45, 7) is 5.99. The average Bonchev–Trinajstić information content (AvgIpc) is 3.26. The van der Waals surface area contributed by atoms with Gasteiger partial charge in [-0.25, -0.2) is 4.98 Å². The summed E-state index contributed by atoms with van der Waals surface area (Å²) in [7, 11) is 1.72. The molecule has 2 aliphatic rings. The lowest BCUT2D eigenvalue weighted by Gasteiger charge is -2.29. The zero-order valence-corrected chi connectivity index (χ0v) is 18.2. The van der Waals surface area contributed by atoms with Gasteiger partial charge in [0.05, 0.1) is 17.7 Å². The van der Waals surface area contributed by atoms with Gasteiger partial charge in [-0.05, 0) is 27.7 Å². The van der Waals surface area contributed by atoms with Crippen LogP contribution in [-0.4, -0.2) is 42.3 Å². The van der Waals surface area contributed by atoms with Crippen molar-refractivity contribution in [1.29, 1.82) is 0 Å². The van der Waals surface area contributed by atoms with Crippen LogP contribution in [-0.2, 0) is 28.6 Å². The van der Waals surface area contributed by atoms with E-state index in [9.17, 15) is 24.6 Å². The number of hydrogen-bond donors (Lipinski definition) is 3. The van der Waals surface area contributed by atoms with Crippen molar-refractivity contribution in [3.8, 4) is 17.2 Å². The quantitative estimate of drug-likeness (QED) is 0.367. The number of hydrogen-bond acceptors (Lipinski definition) is 9. The molecule has 1 aromatic heterocycles. The minimum atomic E-state index is -1.54.